The highest BCUT2D eigenvalue weighted by molar-refractivity contribution is 6.30. The molecule has 0 aliphatic rings. The smallest absolute Gasteiger partial charge is 0.247 e. The second-order valence-electron chi connectivity index (χ2n) is 8.65. The van der Waals surface area contributed by atoms with Crippen molar-refractivity contribution in [2.45, 2.75) is 25.6 Å². The molecule has 1 unspecified atom stereocenters. The second-order valence-corrected chi connectivity index (χ2v) is 9.09. The van der Waals surface area contributed by atoms with E-state index < -0.39 is 6.04 Å². The topological polar surface area (TPSA) is 58.6 Å². The summed E-state index contributed by atoms with van der Waals surface area (Å²) in [5.74, 6) is 0.271. The Morgan fingerprint density at radius 1 is 0.811 bits per heavy atom. The minimum Gasteiger partial charge on any atom is -0.496 e. The molecule has 0 heterocycles. The normalized spacial score (nSPS) is 11.4. The molecule has 188 valence electrons. The van der Waals surface area contributed by atoms with Gasteiger partial charge < -0.3 is 15.0 Å². The molecule has 0 spiro atoms. The van der Waals surface area contributed by atoms with E-state index in [0.717, 1.165) is 22.3 Å². The van der Waals surface area contributed by atoms with Crippen LogP contribution < -0.4 is 10.1 Å². The zero-order valence-corrected chi connectivity index (χ0v) is 21.4. The van der Waals surface area contributed by atoms with Crippen molar-refractivity contribution in [3.8, 4) is 5.75 Å². The van der Waals surface area contributed by atoms with Crippen LogP contribution in [0.5, 0.6) is 5.75 Å². The van der Waals surface area contributed by atoms with Crippen LogP contribution in [0.2, 0.25) is 5.02 Å². The van der Waals surface area contributed by atoms with Gasteiger partial charge in [0.05, 0.1) is 13.5 Å². The number of benzene rings is 4. The van der Waals surface area contributed by atoms with E-state index in [2.05, 4.69) is 5.32 Å². The van der Waals surface area contributed by atoms with Crippen molar-refractivity contribution in [2.24, 2.45) is 0 Å². The van der Waals surface area contributed by atoms with Crippen molar-refractivity contribution in [1.29, 1.82) is 0 Å². The van der Waals surface area contributed by atoms with E-state index in [1.807, 2.05) is 97.1 Å². The Morgan fingerprint density at radius 3 is 2.11 bits per heavy atom. The molecule has 2 amide bonds. The van der Waals surface area contributed by atoms with E-state index in [9.17, 15) is 9.59 Å². The Balaban J connectivity index is 1.67. The number of amides is 2. The first-order valence-corrected chi connectivity index (χ1v) is 12.5. The minimum atomic E-state index is -0.831. The number of hydrogen-bond donors (Lipinski definition) is 1. The molecule has 4 aromatic carbocycles. The van der Waals surface area contributed by atoms with Crippen molar-refractivity contribution >= 4 is 23.4 Å². The molecule has 0 aliphatic heterocycles. The second kappa shape index (κ2) is 12.7. The van der Waals surface area contributed by atoms with Crippen molar-refractivity contribution < 1.29 is 14.3 Å². The summed E-state index contributed by atoms with van der Waals surface area (Å²) < 4.78 is 5.44. The summed E-state index contributed by atoms with van der Waals surface area (Å²) in [6, 6.07) is 33.0. The van der Waals surface area contributed by atoms with Gasteiger partial charge in [0, 0.05) is 23.7 Å². The third kappa shape index (κ3) is 6.99. The van der Waals surface area contributed by atoms with Crippen LogP contribution in [0.4, 0.5) is 0 Å². The molecule has 5 nitrogen and oxygen atoms in total. The highest BCUT2D eigenvalue weighted by Gasteiger charge is 2.31. The molecule has 1 N–H and O–H groups in total. The van der Waals surface area contributed by atoms with Gasteiger partial charge in [0.25, 0.3) is 0 Å². The third-order valence-corrected chi connectivity index (χ3v) is 6.36. The summed E-state index contributed by atoms with van der Waals surface area (Å²) in [5.41, 5.74) is 3.35. The fraction of sp³-hybridized carbons (Fsp3) is 0.161. The molecule has 0 fully saturated rings. The number of nitrogens with one attached hydrogen (secondary N) is 1. The fourth-order valence-corrected chi connectivity index (χ4v) is 4.34. The predicted molar refractivity (Wildman–Crippen MR) is 146 cm³/mol. The van der Waals surface area contributed by atoms with Crippen molar-refractivity contribution in [3.63, 3.8) is 0 Å². The number of carbonyl (C=O) groups excluding carboxylic acids is 2. The molecule has 0 aromatic heterocycles. The highest BCUT2D eigenvalue weighted by atomic mass is 35.5. The van der Waals surface area contributed by atoms with Crippen LogP contribution >= 0.6 is 11.6 Å². The van der Waals surface area contributed by atoms with E-state index in [1.54, 1.807) is 24.1 Å². The lowest BCUT2D eigenvalue weighted by molar-refractivity contribution is -0.141. The van der Waals surface area contributed by atoms with E-state index >= 15 is 0 Å². The van der Waals surface area contributed by atoms with Crippen LogP contribution in [0.1, 0.15) is 28.3 Å². The maximum absolute atomic E-state index is 13.8. The first-order chi connectivity index (χ1) is 18.0. The van der Waals surface area contributed by atoms with Crippen LogP contribution in [0.3, 0.4) is 0 Å². The summed E-state index contributed by atoms with van der Waals surface area (Å²) in [6.45, 7) is 0.526. The average Bonchev–Trinajstić information content (AvgIpc) is 2.94. The van der Waals surface area contributed by atoms with Crippen LogP contribution in [-0.2, 0) is 29.1 Å². The van der Waals surface area contributed by atoms with E-state index in [-0.39, 0.29) is 31.3 Å². The number of ether oxygens (including phenoxy) is 1. The Labute approximate surface area is 222 Å². The number of nitrogens with zero attached hydrogens (tertiary/aromatic N) is 1. The highest BCUT2D eigenvalue weighted by Crippen LogP contribution is 2.26. The summed E-state index contributed by atoms with van der Waals surface area (Å²) in [5, 5.41) is 3.64. The Morgan fingerprint density at radius 2 is 1.43 bits per heavy atom. The lowest BCUT2D eigenvalue weighted by atomic mass is 10.0. The quantitative estimate of drug-likeness (QED) is 0.284. The van der Waals surface area contributed by atoms with Crippen LogP contribution in [0, 0.1) is 0 Å². The number of carbonyl (C=O) groups is 2. The minimum absolute atomic E-state index is 0.151. The number of para-hydroxylation sites is 1. The summed E-state index contributed by atoms with van der Waals surface area (Å²) in [4.78, 5) is 29.2. The average molecular weight is 513 g/mol. The van der Waals surface area contributed by atoms with Gasteiger partial charge in [-0.3, -0.25) is 9.59 Å². The Bertz CT molecular complexity index is 1310. The molecule has 6 heteroatoms. The van der Waals surface area contributed by atoms with Crippen LogP contribution in [0.15, 0.2) is 109 Å². The van der Waals surface area contributed by atoms with Crippen molar-refractivity contribution in [1.82, 2.24) is 10.2 Å². The molecule has 37 heavy (non-hydrogen) atoms. The Kier molecular flexibility index (Phi) is 8.95. The SMILES string of the molecule is COc1ccccc1CNC(=O)C(c1ccccc1)N(Cc1ccc(Cl)cc1)C(=O)Cc1ccccc1. The maximum atomic E-state index is 13.8. The summed E-state index contributed by atoms with van der Waals surface area (Å²) >= 11 is 6.10. The van der Waals surface area contributed by atoms with Gasteiger partial charge in [-0.1, -0.05) is 103 Å². The Hall–Kier alpha value is -4.09. The third-order valence-electron chi connectivity index (χ3n) is 6.11. The maximum Gasteiger partial charge on any atom is 0.247 e. The number of rotatable bonds is 10. The van der Waals surface area contributed by atoms with Gasteiger partial charge in [-0.2, -0.15) is 0 Å². The van der Waals surface area contributed by atoms with E-state index in [1.165, 1.54) is 0 Å². The molecule has 0 radical (unpaired) electrons. The number of hydrogen-bond acceptors (Lipinski definition) is 3. The monoisotopic (exact) mass is 512 g/mol. The van der Waals surface area contributed by atoms with E-state index in [0.29, 0.717) is 10.8 Å². The molecule has 4 rings (SSSR count). The van der Waals surface area contributed by atoms with Gasteiger partial charge in [-0.25, -0.2) is 0 Å². The van der Waals surface area contributed by atoms with Crippen molar-refractivity contribution in [3.05, 3.63) is 136 Å². The molecule has 1 atom stereocenters. The first kappa shape index (κ1) is 26.0. The summed E-state index contributed by atoms with van der Waals surface area (Å²) in [7, 11) is 1.60. The zero-order valence-electron chi connectivity index (χ0n) is 20.6. The molecular formula is C31H29ClN2O3. The summed E-state index contributed by atoms with van der Waals surface area (Å²) in [6.07, 6.45) is 0.178. The van der Waals surface area contributed by atoms with Gasteiger partial charge in [0.1, 0.15) is 11.8 Å². The lowest BCUT2D eigenvalue weighted by Gasteiger charge is -2.32. The van der Waals surface area contributed by atoms with Crippen LogP contribution in [-0.4, -0.2) is 23.8 Å². The standard InChI is InChI=1S/C31H29ClN2O3/c1-37-28-15-9-8-14-26(28)21-33-31(36)30(25-12-6-3-7-13-25)34(22-24-16-18-27(32)19-17-24)29(35)20-23-10-4-2-5-11-23/h2-19,30H,20-22H2,1H3,(H,33,36). The molecule has 0 saturated heterocycles. The van der Waals surface area contributed by atoms with Gasteiger partial charge in [0.2, 0.25) is 11.8 Å². The first-order valence-electron chi connectivity index (χ1n) is 12.1. The van der Waals surface area contributed by atoms with Gasteiger partial charge in [-0.15, -0.1) is 0 Å². The largest absolute Gasteiger partial charge is 0.496 e. The molecular weight excluding hydrogens is 484 g/mol. The van der Waals surface area contributed by atoms with E-state index in [4.69, 9.17) is 16.3 Å². The number of halogens is 1. The van der Waals surface area contributed by atoms with Crippen molar-refractivity contribution in [2.75, 3.05) is 7.11 Å². The predicted octanol–water partition coefficient (Wildman–Crippen LogP) is 5.98. The van der Waals surface area contributed by atoms with Gasteiger partial charge in [0.15, 0.2) is 0 Å². The van der Waals surface area contributed by atoms with Gasteiger partial charge >= 0.3 is 0 Å². The number of methoxy groups -OCH3 is 1. The lowest BCUT2D eigenvalue weighted by Crippen LogP contribution is -2.43. The van der Waals surface area contributed by atoms with Crippen LogP contribution in [0.25, 0.3) is 0 Å². The molecule has 0 saturated carbocycles. The molecule has 0 bridgehead atoms. The zero-order chi connectivity index (χ0) is 26.0. The fourth-order valence-electron chi connectivity index (χ4n) is 4.22. The molecule has 0 aliphatic carbocycles. The van der Waals surface area contributed by atoms with Gasteiger partial charge in [-0.05, 0) is 34.9 Å². The molecule has 4 aromatic rings.